The second kappa shape index (κ2) is 8.12. The molecule has 0 spiro atoms. The van der Waals surface area contributed by atoms with Crippen LogP contribution in [0.5, 0.6) is 0 Å². The van der Waals surface area contributed by atoms with E-state index in [-0.39, 0.29) is 30.8 Å². The van der Waals surface area contributed by atoms with Crippen LogP contribution in [0.2, 0.25) is 0 Å². The Morgan fingerprint density at radius 2 is 2.32 bits per heavy atom. The average Bonchev–Trinajstić information content (AvgIpc) is 2.78. The highest BCUT2D eigenvalue weighted by Gasteiger charge is 2.35. The minimum atomic E-state index is -0.247. The molecule has 0 aliphatic carbocycles. The number of aliphatic hydroxyl groups is 1. The Kier molecular flexibility index (Phi) is 6.80. The molecule has 0 bridgehead atoms. The predicted octanol–water partition coefficient (Wildman–Crippen LogP) is -0.288. The summed E-state index contributed by atoms with van der Waals surface area (Å²) >= 11 is 0. The van der Waals surface area contributed by atoms with Crippen LogP contribution in [0.1, 0.15) is 19.8 Å². The first kappa shape index (κ1) is 15.9. The Balaban J connectivity index is 2.51. The average molecular weight is 272 g/mol. The number of methoxy groups -OCH3 is 1. The number of carbonyl (C=O) groups is 2. The van der Waals surface area contributed by atoms with Crippen LogP contribution in [0.15, 0.2) is 0 Å². The van der Waals surface area contributed by atoms with Gasteiger partial charge >= 0.3 is 0 Å². The topological polar surface area (TPSA) is 70.1 Å². The molecule has 2 amide bonds. The molecule has 6 heteroatoms. The summed E-state index contributed by atoms with van der Waals surface area (Å²) in [5, 5.41) is 8.82. The Hall–Kier alpha value is -1.14. The highest BCUT2D eigenvalue weighted by molar-refractivity contribution is 5.89. The first-order valence-electron chi connectivity index (χ1n) is 6.80. The van der Waals surface area contributed by atoms with E-state index in [9.17, 15) is 9.59 Å². The minimum Gasteiger partial charge on any atom is -0.396 e. The lowest BCUT2D eigenvalue weighted by molar-refractivity contribution is -0.135. The van der Waals surface area contributed by atoms with Crippen molar-refractivity contribution in [2.75, 3.05) is 46.5 Å². The third-order valence-corrected chi connectivity index (χ3v) is 3.41. The SMILES string of the molecule is CCN(CCCO)C(=O)C1CC(=O)N(CCOC)C1. The Morgan fingerprint density at radius 3 is 2.89 bits per heavy atom. The van der Waals surface area contributed by atoms with Crippen molar-refractivity contribution in [1.29, 1.82) is 0 Å². The van der Waals surface area contributed by atoms with Gasteiger partial charge in [0, 0.05) is 46.3 Å². The quantitative estimate of drug-likeness (QED) is 0.659. The lowest BCUT2D eigenvalue weighted by atomic mass is 10.1. The first-order chi connectivity index (χ1) is 9.13. The van der Waals surface area contributed by atoms with Gasteiger partial charge in [-0.05, 0) is 13.3 Å². The lowest BCUT2D eigenvalue weighted by Gasteiger charge is -2.24. The van der Waals surface area contributed by atoms with Gasteiger partial charge in [0.25, 0.3) is 0 Å². The smallest absolute Gasteiger partial charge is 0.227 e. The van der Waals surface area contributed by atoms with Gasteiger partial charge in [-0.25, -0.2) is 0 Å². The number of hydrogen-bond acceptors (Lipinski definition) is 4. The molecule has 1 fully saturated rings. The van der Waals surface area contributed by atoms with Crippen LogP contribution >= 0.6 is 0 Å². The Bertz CT molecular complexity index is 309. The molecule has 1 rings (SSSR count). The fraction of sp³-hybridized carbons (Fsp3) is 0.846. The summed E-state index contributed by atoms with van der Waals surface area (Å²) in [6.07, 6.45) is 0.867. The standard InChI is InChI=1S/C13H24N2O4/c1-3-14(5-4-7-16)13(18)11-9-12(17)15(10-11)6-8-19-2/h11,16H,3-10H2,1-2H3. The Morgan fingerprint density at radius 1 is 1.58 bits per heavy atom. The molecule has 1 unspecified atom stereocenters. The van der Waals surface area contributed by atoms with Gasteiger partial charge in [0.15, 0.2) is 0 Å². The molecular weight excluding hydrogens is 248 g/mol. The van der Waals surface area contributed by atoms with Gasteiger partial charge < -0.3 is 19.6 Å². The summed E-state index contributed by atoms with van der Waals surface area (Å²) < 4.78 is 4.95. The molecule has 19 heavy (non-hydrogen) atoms. The van der Waals surface area contributed by atoms with Crippen molar-refractivity contribution in [3.63, 3.8) is 0 Å². The molecule has 0 saturated carbocycles. The van der Waals surface area contributed by atoms with E-state index in [4.69, 9.17) is 9.84 Å². The van der Waals surface area contributed by atoms with Crippen LogP contribution in [-0.2, 0) is 14.3 Å². The van der Waals surface area contributed by atoms with Gasteiger partial charge in [-0.1, -0.05) is 0 Å². The molecule has 110 valence electrons. The summed E-state index contributed by atoms with van der Waals surface area (Å²) in [4.78, 5) is 27.5. The van der Waals surface area contributed by atoms with E-state index in [2.05, 4.69) is 0 Å². The van der Waals surface area contributed by atoms with E-state index >= 15 is 0 Å². The molecule has 0 radical (unpaired) electrons. The fourth-order valence-corrected chi connectivity index (χ4v) is 2.30. The maximum atomic E-state index is 12.3. The normalized spacial score (nSPS) is 19.0. The van der Waals surface area contributed by atoms with E-state index in [1.54, 1.807) is 16.9 Å². The highest BCUT2D eigenvalue weighted by Crippen LogP contribution is 2.20. The first-order valence-corrected chi connectivity index (χ1v) is 6.80. The third kappa shape index (κ3) is 4.47. The van der Waals surface area contributed by atoms with Gasteiger partial charge in [-0.2, -0.15) is 0 Å². The molecular formula is C13H24N2O4. The number of carbonyl (C=O) groups excluding carboxylic acids is 2. The van der Waals surface area contributed by atoms with Crippen LogP contribution in [0.3, 0.4) is 0 Å². The minimum absolute atomic E-state index is 0.0178. The van der Waals surface area contributed by atoms with Crippen molar-refractivity contribution < 1.29 is 19.4 Å². The number of amides is 2. The third-order valence-electron chi connectivity index (χ3n) is 3.41. The molecule has 0 aromatic carbocycles. The van der Waals surface area contributed by atoms with E-state index in [1.807, 2.05) is 6.92 Å². The molecule has 1 aliphatic rings. The van der Waals surface area contributed by atoms with Gasteiger partial charge in [0.05, 0.1) is 12.5 Å². The number of rotatable bonds is 8. The summed E-state index contributed by atoms with van der Waals surface area (Å²) in [6, 6.07) is 0. The number of likely N-dealkylation sites (tertiary alicyclic amines) is 1. The van der Waals surface area contributed by atoms with Gasteiger partial charge in [0.1, 0.15) is 0 Å². The molecule has 1 atom stereocenters. The zero-order valence-corrected chi connectivity index (χ0v) is 11.8. The molecule has 6 nitrogen and oxygen atoms in total. The maximum Gasteiger partial charge on any atom is 0.227 e. The van der Waals surface area contributed by atoms with Crippen LogP contribution in [0.4, 0.5) is 0 Å². The van der Waals surface area contributed by atoms with Crippen LogP contribution < -0.4 is 0 Å². The molecule has 1 N–H and O–H groups in total. The summed E-state index contributed by atoms with van der Waals surface area (Å²) in [5.74, 6) is -0.208. The summed E-state index contributed by atoms with van der Waals surface area (Å²) in [7, 11) is 1.59. The van der Waals surface area contributed by atoms with Crippen molar-refractivity contribution in [1.82, 2.24) is 9.80 Å². The molecule has 1 aliphatic heterocycles. The second-order valence-corrected chi connectivity index (χ2v) is 4.73. The Labute approximate surface area is 114 Å². The molecule has 1 saturated heterocycles. The van der Waals surface area contributed by atoms with Crippen molar-refractivity contribution in [3.05, 3.63) is 0 Å². The number of hydrogen-bond donors (Lipinski definition) is 1. The molecule has 0 aromatic rings. The predicted molar refractivity (Wildman–Crippen MR) is 70.5 cm³/mol. The van der Waals surface area contributed by atoms with E-state index < -0.39 is 0 Å². The fourth-order valence-electron chi connectivity index (χ4n) is 2.30. The maximum absolute atomic E-state index is 12.3. The van der Waals surface area contributed by atoms with Crippen LogP contribution in [0.25, 0.3) is 0 Å². The zero-order chi connectivity index (χ0) is 14.3. The van der Waals surface area contributed by atoms with Crippen LogP contribution in [0, 0.1) is 5.92 Å². The summed E-state index contributed by atoms with van der Waals surface area (Å²) in [5.41, 5.74) is 0. The van der Waals surface area contributed by atoms with E-state index in [0.717, 1.165) is 0 Å². The van der Waals surface area contributed by atoms with Gasteiger partial charge in [0.2, 0.25) is 11.8 Å². The van der Waals surface area contributed by atoms with Crippen molar-refractivity contribution in [2.45, 2.75) is 19.8 Å². The number of nitrogens with zero attached hydrogens (tertiary/aromatic N) is 2. The van der Waals surface area contributed by atoms with Crippen LogP contribution in [-0.4, -0.2) is 73.2 Å². The lowest BCUT2D eigenvalue weighted by Crippen LogP contribution is -2.38. The number of ether oxygens (including phenoxy) is 1. The van der Waals surface area contributed by atoms with E-state index in [1.165, 1.54) is 0 Å². The zero-order valence-electron chi connectivity index (χ0n) is 11.8. The number of aliphatic hydroxyl groups excluding tert-OH is 1. The van der Waals surface area contributed by atoms with Crippen molar-refractivity contribution in [2.24, 2.45) is 5.92 Å². The van der Waals surface area contributed by atoms with Gasteiger partial charge in [-0.3, -0.25) is 9.59 Å². The molecule has 1 heterocycles. The van der Waals surface area contributed by atoms with Gasteiger partial charge in [-0.15, -0.1) is 0 Å². The molecule has 0 aromatic heterocycles. The second-order valence-electron chi connectivity index (χ2n) is 4.73. The highest BCUT2D eigenvalue weighted by atomic mass is 16.5. The van der Waals surface area contributed by atoms with Crippen molar-refractivity contribution in [3.8, 4) is 0 Å². The van der Waals surface area contributed by atoms with Crippen molar-refractivity contribution >= 4 is 11.8 Å². The monoisotopic (exact) mass is 272 g/mol. The van der Waals surface area contributed by atoms with E-state index in [0.29, 0.717) is 39.2 Å². The largest absolute Gasteiger partial charge is 0.396 e. The summed E-state index contributed by atoms with van der Waals surface area (Å²) in [6.45, 7) is 4.67.